The Balaban J connectivity index is 3.96. The molecule has 7 heteroatoms. The van der Waals surface area contributed by atoms with Crippen molar-refractivity contribution in [3.8, 4) is 0 Å². The summed E-state index contributed by atoms with van der Waals surface area (Å²) in [6, 6.07) is -1.06. The van der Waals surface area contributed by atoms with Gasteiger partial charge in [0.15, 0.2) is 0 Å². The summed E-state index contributed by atoms with van der Waals surface area (Å²) in [5.41, 5.74) is 0. The molecule has 0 aliphatic heterocycles. The third-order valence-electron chi connectivity index (χ3n) is 2.08. The molecule has 0 saturated heterocycles. The first-order valence-electron chi connectivity index (χ1n) is 5.55. The fraction of sp³-hybridized carbons (Fsp3) is 0.727. The maximum atomic E-state index is 11.3. The van der Waals surface area contributed by atoms with E-state index in [2.05, 4.69) is 5.32 Å². The first-order chi connectivity index (χ1) is 8.47. The molecule has 0 unspecified atom stereocenters. The Morgan fingerprint density at radius 2 is 1.94 bits per heavy atom. The molecule has 0 aromatic heterocycles. The molecule has 0 rings (SSSR count). The molecule has 0 aliphatic carbocycles. The van der Waals surface area contributed by atoms with E-state index in [1.165, 1.54) is 14.0 Å². The van der Waals surface area contributed by atoms with Gasteiger partial charge in [0.2, 0.25) is 5.91 Å². The lowest BCUT2D eigenvalue weighted by Gasteiger charge is -2.13. The molecular weight excluding hydrogens is 242 g/mol. The maximum absolute atomic E-state index is 11.3. The fourth-order valence-corrected chi connectivity index (χ4v) is 1.15. The Bertz CT molecular complexity index is 291. The molecule has 0 radical (unpaired) electrons. The number of aliphatic carboxylic acids is 1. The van der Waals surface area contributed by atoms with Crippen molar-refractivity contribution >= 4 is 17.7 Å². The van der Waals surface area contributed by atoms with Gasteiger partial charge in [-0.2, -0.15) is 0 Å². The first kappa shape index (κ1) is 16.5. The number of Topliss-reactive ketones (excluding diaryl/α,β-unsaturated/α-hetero) is 1. The Kier molecular flexibility index (Phi) is 8.77. The van der Waals surface area contributed by atoms with Crippen LogP contribution in [0.2, 0.25) is 0 Å². The van der Waals surface area contributed by atoms with Crippen molar-refractivity contribution in [2.75, 3.05) is 26.9 Å². The zero-order valence-electron chi connectivity index (χ0n) is 10.6. The minimum Gasteiger partial charge on any atom is -0.480 e. The molecule has 1 atom stereocenters. The van der Waals surface area contributed by atoms with E-state index in [-0.39, 0.29) is 31.8 Å². The third kappa shape index (κ3) is 8.66. The van der Waals surface area contributed by atoms with Gasteiger partial charge in [-0.3, -0.25) is 4.79 Å². The zero-order valence-corrected chi connectivity index (χ0v) is 10.6. The van der Waals surface area contributed by atoms with Crippen LogP contribution in [-0.2, 0) is 23.9 Å². The number of carbonyl (C=O) groups is 3. The normalized spacial score (nSPS) is 11.9. The second kappa shape index (κ2) is 9.55. The van der Waals surface area contributed by atoms with Gasteiger partial charge in [-0.05, 0) is 13.3 Å². The maximum Gasteiger partial charge on any atom is 0.326 e. The van der Waals surface area contributed by atoms with Crippen molar-refractivity contribution in [1.82, 2.24) is 5.32 Å². The molecule has 0 bridgehead atoms. The quantitative estimate of drug-likeness (QED) is 0.518. The van der Waals surface area contributed by atoms with Crippen LogP contribution >= 0.6 is 0 Å². The lowest BCUT2D eigenvalue weighted by atomic mass is 10.1. The summed E-state index contributed by atoms with van der Waals surface area (Å²) < 4.78 is 9.66. The molecule has 0 saturated carbocycles. The minimum absolute atomic E-state index is 0.0779. The number of hydrogen-bond donors (Lipinski definition) is 2. The average Bonchev–Trinajstić information content (AvgIpc) is 2.29. The minimum atomic E-state index is -1.17. The van der Waals surface area contributed by atoms with E-state index < -0.39 is 17.9 Å². The summed E-state index contributed by atoms with van der Waals surface area (Å²) >= 11 is 0. The largest absolute Gasteiger partial charge is 0.480 e. The molecule has 2 N–H and O–H groups in total. The van der Waals surface area contributed by atoms with Gasteiger partial charge in [0.25, 0.3) is 0 Å². The molecule has 104 valence electrons. The summed E-state index contributed by atoms with van der Waals surface area (Å²) in [7, 11) is 1.51. The number of carbonyl (C=O) groups excluding carboxylic acids is 2. The van der Waals surface area contributed by atoms with Crippen LogP contribution in [0.15, 0.2) is 0 Å². The van der Waals surface area contributed by atoms with Crippen molar-refractivity contribution in [3.63, 3.8) is 0 Å². The van der Waals surface area contributed by atoms with Crippen LogP contribution in [0.3, 0.4) is 0 Å². The van der Waals surface area contributed by atoms with Gasteiger partial charge in [-0.1, -0.05) is 0 Å². The van der Waals surface area contributed by atoms with E-state index in [4.69, 9.17) is 14.6 Å². The van der Waals surface area contributed by atoms with E-state index in [0.29, 0.717) is 6.61 Å². The molecule has 0 fully saturated rings. The first-order valence-corrected chi connectivity index (χ1v) is 5.55. The molecule has 0 aromatic carbocycles. The van der Waals surface area contributed by atoms with E-state index in [1.54, 1.807) is 0 Å². The van der Waals surface area contributed by atoms with Gasteiger partial charge >= 0.3 is 5.97 Å². The number of rotatable bonds is 10. The smallest absolute Gasteiger partial charge is 0.326 e. The molecule has 7 nitrogen and oxygen atoms in total. The van der Waals surface area contributed by atoms with E-state index >= 15 is 0 Å². The highest BCUT2D eigenvalue weighted by molar-refractivity contribution is 5.85. The Hall–Kier alpha value is -1.47. The molecule has 0 spiro atoms. The van der Waals surface area contributed by atoms with Crippen LogP contribution in [0, 0.1) is 0 Å². The lowest BCUT2D eigenvalue weighted by Crippen LogP contribution is -2.42. The number of ketones is 1. The van der Waals surface area contributed by atoms with Gasteiger partial charge in [0.1, 0.15) is 18.4 Å². The van der Waals surface area contributed by atoms with E-state index in [0.717, 1.165) is 0 Å². The van der Waals surface area contributed by atoms with Crippen molar-refractivity contribution in [3.05, 3.63) is 0 Å². The monoisotopic (exact) mass is 261 g/mol. The highest BCUT2D eigenvalue weighted by atomic mass is 16.5. The molecule has 1 amide bonds. The summed E-state index contributed by atoms with van der Waals surface area (Å²) in [5.74, 6) is -1.81. The van der Waals surface area contributed by atoms with Crippen molar-refractivity contribution in [2.45, 2.75) is 25.8 Å². The van der Waals surface area contributed by atoms with Crippen LogP contribution in [-0.4, -0.2) is 55.7 Å². The second-order valence-corrected chi connectivity index (χ2v) is 3.74. The number of ether oxygens (including phenoxy) is 2. The summed E-state index contributed by atoms with van der Waals surface area (Å²) in [6.45, 7) is 1.76. The predicted molar refractivity (Wildman–Crippen MR) is 62.2 cm³/mol. The average molecular weight is 261 g/mol. The Labute approximate surface area is 105 Å². The number of carboxylic acids is 1. The van der Waals surface area contributed by atoms with Gasteiger partial charge in [-0.15, -0.1) is 0 Å². The molecule has 0 aromatic rings. The van der Waals surface area contributed by atoms with Crippen LogP contribution in [0.25, 0.3) is 0 Å². The number of hydrogen-bond acceptors (Lipinski definition) is 5. The van der Waals surface area contributed by atoms with Crippen LogP contribution in [0.5, 0.6) is 0 Å². The van der Waals surface area contributed by atoms with Crippen LogP contribution in [0.1, 0.15) is 19.8 Å². The topological polar surface area (TPSA) is 102 Å². The summed E-state index contributed by atoms with van der Waals surface area (Å²) in [5, 5.41) is 11.2. The molecule has 0 aliphatic rings. The fourth-order valence-electron chi connectivity index (χ4n) is 1.15. The van der Waals surface area contributed by atoms with Crippen molar-refractivity contribution in [2.24, 2.45) is 0 Å². The number of methoxy groups -OCH3 is 1. The number of carboxylic acid groups (broad SMARTS) is 1. The van der Waals surface area contributed by atoms with Crippen LogP contribution in [0.4, 0.5) is 0 Å². The highest BCUT2D eigenvalue weighted by Gasteiger charge is 2.20. The standard InChI is InChI=1S/C11H19NO6/c1-8(13)3-4-9(11(15)16)12-10(14)7-18-6-5-17-2/h9H,3-7H2,1-2H3,(H,12,14)(H,15,16)/t9-/m0/s1. The van der Waals surface area contributed by atoms with E-state index in [1.807, 2.05) is 0 Å². The lowest BCUT2D eigenvalue weighted by molar-refractivity contribution is -0.143. The summed E-state index contributed by atoms with van der Waals surface area (Å²) in [4.78, 5) is 32.9. The SMILES string of the molecule is COCCOCC(=O)N[C@@H](CCC(C)=O)C(=O)O. The Morgan fingerprint density at radius 1 is 1.28 bits per heavy atom. The molecule has 0 heterocycles. The Morgan fingerprint density at radius 3 is 2.44 bits per heavy atom. The van der Waals surface area contributed by atoms with Crippen molar-refractivity contribution < 1.29 is 29.0 Å². The third-order valence-corrected chi connectivity index (χ3v) is 2.08. The van der Waals surface area contributed by atoms with Gasteiger partial charge in [0, 0.05) is 13.5 Å². The number of amides is 1. The van der Waals surface area contributed by atoms with Gasteiger partial charge in [-0.25, -0.2) is 4.79 Å². The highest BCUT2D eigenvalue weighted by Crippen LogP contribution is 1.99. The number of nitrogens with one attached hydrogen (secondary N) is 1. The second-order valence-electron chi connectivity index (χ2n) is 3.74. The predicted octanol–water partition coefficient (Wildman–Crippen LogP) is -0.412. The molecule has 18 heavy (non-hydrogen) atoms. The van der Waals surface area contributed by atoms with E-state index in [9.17, 15) is 14.4 Å². The van der Waals surface area contributed by atoms with Gasteiger partial charge < -0.3 is 24.7 Å². The summed E-state index contributed by atoms with van der Waals surface area (Å²) in [6.07, 6.45) is 0.191. The van der Waals surface area contributed by atoms with Crippen molar-refractivity contribution in [1.29, 1.82) is 0 Å². The van der Waals surface area contributed by atoms with Gasteiger partial charge in [0.05, 0.1) is 13.2 Å². The zero-order chi connectivity index (χ0) is 14.0. The molecular formula is C11H19NO6. The van der Waals surface area contributed by atoms with Crippen LogP contribution < -0.4 is 5.32 Å².